The van der Waals surface area contributed by atoms with Gasteiger partial charge in [0.2, 0.25) is 5.91 Å². The number of hydrogen-bond donors (Lipinski definition) is 1. The summed E-state index contributed by atoms with van der Waals surface area (Å²) in [6, 6.07) is 11.1. The molecule has 1 amide bonds. The zero-order valence-corrected chi connectivity index (χ0v) is 15.8. The van der Waals surface area contributed by atoms with E-state index in [1.54, 1.807) is 17.5 Å². The van der Waals surface area contributed by atoms with Crippen LogP contribution in [0.3, 0.4) is 0 Å². The normalized spacial score (nSPS) is 18.8. The number of para-hydroxylation sites is 1. The fourth-order valence-corrected chi connectivity index (χ4v) is 5.77. The van der Waals surface area contributed by atoms with E-state index in [-0.39, 0.29) is 18.4 Å². The van der Waals surface area contributed by atoms with Gasteiger partial charge in [0.25, 0.3) is 10.0 Å². The number of rotatable bonds is 5. The van der Waals surface area contributed by atoms with E-state index in [0.717, 1.165) is 17.7 Å². The van der Waals surface area contributed by atoms with Gasteiger partial charge in [0.1, 0.15) is 4.21 Å². The summed E-state index contributed by atoms with van der Waals surface area (Å²) in [6.07, 6.45) is 2.23. The van der Waals surface area contributed by atoms with Crippen LogP contribution in [-0.4, -0.2) is 31.7 Å². The van der Waals surface area contributed by atoms with E-state index < -0.39 is 10.0 Å². The Kier molecular flexibility index (Phi) is 5.56. The number of nitrogens with zero attached hydrogens (tertiary/aromatic N) is 1. The lowest BCUT2D eigenvalue weighted by atomic mass is 9.98. The molecule has 1 aromatic carbocycles. The molecule has 25 heavy (non-hydrogen) atoms. The molecule has 2 heterocycles. The molecule has 1 atom stereocenters. The van der Waals surface area contributed by atoms with E-state index >= 15 is 0 Å². The maximum atomic E-state index is 12.7. The summed E-state index contributed by atoms with van der Waals surface area (Å²) in [6.45, 7) is 2.75. The second-order valence-electron chi connectivity index (χ2n) is 6.13. The van der Waals surface area contributed by atoms with Crippen LogP contribution in [-0.2, 0) is 21.2 Å². The summed E-state index contributed by atoms with van der Waals surface area (Å²) in [5, 5.41) is 4.73. The molecule has 3 rings (SSSR count). The molecule has 0 saturated carbocycles. The van der Waals surface area contributed by atoms with Gasteiger partial charge in [0.15, 0.2) is 0 Å². The van der Waals surface area contributed by atoms with Gasteiger partial charge in [-0.2, -0.15) is 4.31 Å². The Morgan fingerprint density at radius 3 is 2.80 bits per heavy atom. The zero-order valence-electron chi connectivity index (χ0n) is 14.1. The monoisotopic (exact) mass is 378 g/mol. The molecule has 5 nitrogen and oxygen atoms in total. The SMILES string of the molecule is CCc1ccccc1NC(=O)[C@@H]1CCCN(S(=O)(=O)c2cccs2)C1. The second kappa shape index (κ2) is 7.68. The molecule has 0 unspecified atom stereocenters. The van der Waals surface area contributed by atoms with E-state index in [0.29, 0.717) is 23.6 Å². The maximum Gasteiger partial charge on any atom is 0.252 e. The van der Waals surface area contributed by atoms with E-state index in [1.807, 2.05) is 31.2 Å². The van der Waals surface area contributed by atoms with Gasteiger partial charge in [-0.05, 0) is 42.3 Å². The minimum absolute atomic E-state index is 0.105. The number of benzene rings is 1. The Hall–Kier alpha value is -1.70. The van der Waals surface area contributed by atoms with E-state index in [9.17, 15) is 13.2 Å². The maximum absolute atomic E-state index is 12.7. The highest BCUT2D eigenvalue weighted by molar-refractivity contribution is 7.91. The third-order valence-electron chi connectivity index (χ3n) is 4.50. The van der Waals surface area contributed by atoms with Gasteiger partial charge in [-0.25, -0.2) is 8.42 Å². The molecule has 134 valence electrons. The topological polar surface area (TPSA) is 66.5 Å². The summed E-state index contributed by atoms with van der Waals surface area (Å²) >= 11 is 1.21. The molecule has 2 aromatic rings. The fourth-order valence-electron chi connectivity index (χ4n) is 3.10. The second-order valence-corrected chi connectivity index (χ2v) is 9.25. The molecule has 1 aliphatic heterocycles. The first-order valence-corrected chi connectivity index (χ1v) is 10.8. The first-order valence-electron chi connectivity index (χ1n) is 8.44. The molecule has 1 N–H and O–H groups in total. The Bertz CT molecular complexity index is 832. The Morgan fingerprint density at radius 1 is 1.28 bits per heavy atom. The van der Waals surface area contributed by atoms with Crippen molar-refractivity contribution in [2.45, 2.75) is 30.4 Å². The van der Waals surface area contributed by atoms with Crippen LogP contribution in [0.4, 0.5) is 5.69 Å². The molecule has 1 saturated heterocycles. The number of aryl methyl sites for hydroxylation is 1. The lowest BCUT2D eigenvalue weighted by Crippen LogP contribution is -2.43. The first kappa shape index (κ1) is 18.1. The number of carbonyl (C=O) groups excluding carboxylic acids is 1. The van der Waals surface area contributed by atoms with Crippen molar-refractivity contribution in [1.82, 2.24) is 4.31 Å². The van der Waals surface area contributed by atoms with E-state index in [2.05, 4.69) is 5.32 Å². The van der Waals surface area contributed by atoms with Crippen molar-refractivity contribution in [1.29, 1.82) is 0 Å². The van der Waals surface area contributed by atoms with Crippen LogP contribution in [0.5, 0.6) is 0 Å². The minimum atomic E-state index is -3.50. The van der Waals surface area contributed by atoms with Crippen LogP contribution in [0.2, 0.25) is 0 Å². The third kappa shape index (κ3) is 3.94. The average Bonchev–Trinajstić information content (AvgIpc) is 3.18. The fraction of sp³-hybridized carbons (Fsp3) is 0.389. The standard InChI is InChI=1S/C18H22N2O3S2/c1-2-14-7-3-4-9-16(14)19-18(21)15-8-5-11-20(13-15)25(22,23)17-10-6-12-24-17/h3-4,6-7,9-10,12,15H,2,5,8,11,13H2,1H3,(H,19,21)/t15-/m1/s1. The number of piperidine rings is 1. The summed E-state index contributed by atoms with van der Waals surface area (Å²) in [4.78, 5) is 12.7. The molecule has 0 aliphatic carbocycles. The number of amides is 1. The quantitative estimate of drug-likeness (QED) is 0.868. The Morgan fingerprint density at radius 2 is 2.08 bits per heavy atom. The number of hydrogen-bond acceptors (Lipinski definition) is 4. The van der Waals surface area contributed by atoms with Crippen LogP contribution in [0, 0.1) is 5.92 Å². The van der Waals surface area contributed by atoms with Gasteiger partial charge >= 0.3 is 0 Å². The molecule has 1 aromatic heterocycles. The van der Waals surface area contributed by atoms with Crippen molar-refractivity contribution in [3.8, 4) is 0 Å². The summed E-state index contributed by atoms with van der Waals surface area (Å²) in [5.41, 5.74) is 1.89. The Labute approximate surface area is 152 Å². The smallest absolute Gasteiger partial charge is 0.252 e. The minimum Gasteiger partial charge on any atom is -0.326 e. The predicted molar refractivity (Wildman–Crippen MR) is 100 cm³/mol. The highest BCUT2D eigenvalue weighted by atomic mass is 32.2. The average molecular weight is 379 g/mol. The number of thiophene rings is 1. The van der Waals surface area contributed by atoms with Crippen molar-refractivity contribution in [3.63, 3.8) is 0 Å². The van der Waals surface area contributed by atoms with E-state index in [1.165, 1.54) is 15.6 Å². The molecule has 0 radical (unpaired) electrons. The molecule has 7 heteroatoms. The Balaban J connectivity index is 1.72. The number of carbonyl (C=O) groups is 1. The van der Waals surface area contributed by atoms with Gasteiger partial charge < -0.3 is 5.32 Å². The van der Waals surface area contributed by atoms with Crippen LogP contribution in [0.25, 0.3) is 0 Å². The van der Waals surface area contributed by atoms with Crippen LogP contribution >= 0.6 is 11.3 Å². The van der Waals surface area contributed by atoms with Crippen molar-refractivity contribution >= 4 is 33.0 Å². The lowest BCUT2D eigenvalue weighted by Gasteiger charge is -2.31. The van der Waals surface area contributed by atoms with Crippen LogP contribution < -0.4 is 5.32 Å². The van der Waals surface area contributed by atoms with Gasteiger partial charge in [0, 0.05) is 18.8 Å². The first-order chi connectivity index (χ1) is 12.0. The van der Waals surface area contributed by atoms with Gasteiger partial charge in [0.05, 0.1) is 5.92 Å². The molecule has 1 fully saturated rings. The van der Waals surface area contributed by atoms with Crippen LogP contribution in [0.15, 0.2) is 46.0 Å². The molecule has 0 bridgehead atoms. The van der Waals surface area contributed by atoms with Crippen molar-refractivity contribution < 1.29 is 13.2 Å². The van der Waals surface area contributed by atoms with Crippen molar-refractivity contribution in [3.05, 3.63) is 47.3 Å². The van der Waals surface area contributed by atoms with Crippen molar-refractivity contribution in [2.24, 2.45) is 5.92 Å². The number of anilines is 1. The molecular weight excluding hydrogens is 356 g/mol. The largest absolute Gasteiger partial charge is 0.326 e. The van der Waals surface area contributed by atoms with Crippen molar-refractivity contribution in [2.75, 3.05) is 18.4 Å². The lowest BCUT2D eigenvalue weighted by molar-refractivity contribution is -0.120. The highest BCUT2D eigenvalue weighted by Crippen LogP contribution is 2.27. The predicted octanol–water partition coefficient (Wildman–Crippen LogP) is 3.35. The van der Waals surface area contributed by atoms with Crippen LogP contribution in [0.1, 0.15) is 25.3 Å². The summed E-state index contributed by atoms with van der Waals surface area (Å²) in [5.74, 6) is -0.430. The van der Waals surface area contributed by atoms with Gasteiger partial charge in [-0.15, -0.1) is 11.3 Å². The summed E-state index contributed by atoms with van der Waals surface area (Å²) in [7, 11) is -3.50. The number of nitrogens with one attached hydrogen (secondary N) is 1. The highest BCUT2D eigenvalue weighted by Gasteiger charge is 2.33. The third-order valence-corrected chi connectivity index (χ3v) is 7.74. The van der Waals surface area contributed by atoms with E-state index in [4.69, 9.17) is 0 Å². The zero-order chi connectivity index (χ0) is 17.9. The molecular formula is C18H22N2O3S2. The van der Waals surface area contributed by atoms with Gasteiger partial charge in [-0.3, -0.25) is 4.79 Å². The molecule has 0 spiro atoms. The summed E-state index contributed by atoms with van der Waals surface area (Å²) < 4.78 is 27.1. The van der Waals surface area contributed by atoms with Gasteiger partial charge in [-0.1, -0.05) is 31.2 Å². The number of sulfonamides is 1. The molecule has 1 aliphatic rings.